The van der Waals surface area contributed by atoms with Crippen LogP contribution >= 0.6 is 0 Å². The van der Waals surface area contributed by atoms with Crippen molar-refractivity contribution in [2.75, 3.05) is 5.75 Å². The third-order valence-corrected chi connectivity index (χ3v) is 4.78. The fraction of sp³-hybridized carbons (Fsp3) is 0.750. The lowest BCUT2D eigenvalue weighted by molar-refractivity contribution is -0.146. The molecular formula is C8H12O5S. The van der Waals surface area contributed by atoms with Gasteiger partial charge in [0.15, 0.2) is 9.84 Å². The average Bonchev–Trinajstić information content (AvgIpc) is 2.07. The molecule has 0 aromatic carbocycles. The van der Waals surface area contributed by atoms with E-state index in [2.05, 4.69) is 0 Å². The molecule has 1 aliphatic heterocycles. The highest BCUT2D eigenvalue weighted by molar-refractivity contribution is 7.92. The van der Waals surface area contributed by atoms with Crippen LogP contribution in [0.2, 0.25) is 0 Å². The highest BCUT2D eigenvalue weighted by Gasteiger charge is 2.45. The maximum Gasteiger partial charge on any atom is 0.315 e. The van der Waals surface area contributed by atoms with Crippen molar-refractivity contribution in [3.63, 3.8) is 0 Å². The van der Waals surface area contributed by atoms with Gasteiger partial charge in [-0.1, -0.05) is 6.92 Å². The predicted octanol–water partition coefficient (Wildman–Crippen LogP) is -0.147. The first kappa shape index (κ1) is 11.2. The number of sulfone groups is 1. The Labute approximate surface area is 82.0 Å². The number of Topliss-reactive ketones (excluding diaryl/α,β-unsaturated/α-hetero) is 1. The molecule has 0 aliphatic carbocycles. The normalized spacial score (nSPS) is 31.4. The minimum absolute atomic E-state index is 0.171. The molecule has 0 radical (unpaired) electrons. The monoisotopic (exact) mass is 220 g/mol. The van der Waals surface area contributed by atoms with E-state index in [1.165, 1.54) is 0 Å². The highest BCUT2D eigenvalue weighted by atomic mass is 32.2. The third kappa shape index (κ3) is 1.79. The molecule has 1 heterocycles. The largest absolute Gasteiger partial charge is 0.481 e. The Morgan fingerprint density at radius 1 is 1.57 bits per heavy atom. The number of hydrogen-bond donors (Lipinski definition) is 1. The van der Waals surface area contributed by atoms with Crippen molar-refractivity contribution in [3.05, 3.63) is 0 Å². The number of carboxylic acids is 1. The van der Waals surface area contributed by atoms with Crippen LogP contribution in [-0.2, 0) is 19.4 Å². The van der Waals surface area contributed by atoms with Crippen molar-refractivity contribution in [2.24, 2.45) is 5.92 Å². The van der Waals surface area contributed by atoms with Crippen LogP contribution in [0.25, 0.3) is 0 Å². The number of carbonyl (C=O) groups is 2. The molecule has 0 spiro atoms. The molecule has 0 saturated carbocycles. The summed E-state index contributed by atoms with van der Waals surface area (Å²) in [7, 11) is -3.40. The predicted molar refractivity (Wildman–Crippen MR) is 48.6 cm³/mol. The molecule has 0 aromatic rings. The summed E-state index contributed by atoms with van der Waals surface area (Å²) in [6.45, 7) is 1.58. The molecule has 5 nitrogen and oxygen atoms in total. The van der Waals surface area contributed by atoms with Gasteiger partial charge >= 0.3 is 5.97 Å². The lowest BCUT2D eigenvalue weighted by Gasteiger charge is -2.26. The zero-order valence-electron chi connectivity index (χ0n) is 7.76. The SMILES string of the molecule is CCC1C(C(=O)O)C(=O)CCS1(=O)=O. The van der Waals surface area contributed by atoms with E-state index in [1.807, 2.05) is 0 Å². The molecule has 0 bridgehead atoms. The van der Waals surface area contributed by atoms with E-state index in [9.17, 15) is 18.0 Å². The van der Waals surface area contributed by atoms with Crippen molar-refractivity contribution in [1.29, 1.82) is 0 Å². The van der Waals surface area contributed by atoms with Crippen molar-refractivity contribution < 1.29 is 23.1 Å². The summed E-state index contributed by atoms with van der Waals surface area (Å²) in [4.78, 5) is 22.0. The Morgan fingerprint density at radius 3 is 2.50 bits per heavy atom. The molecule has 14 heavy (non-hydrogen) atoms. The van der Waals surface area contributed by atoms with Gasteiger partial charge in [0, 0.05) is 6.42 Å². The second-order valence-corrected chi connectivity index (χ2v) is 5.69. The molecule has 1 fully saturated rings. The molecule has 1 rings (SSSR count). The van der Waals surface area contributed by atoms with E-state index in [0.717, 1.165) is 0 Å². The Morgan fingerprint density at radius 2 is 2.14 bits per heavy atom. The topological polar surface area (TPSA) is 88.5 Å². The van der Waals surface area contributed by atoms with Crippen LogP contribution in [0.15, 0.2) is 0 Å². The van der Waals surface area contributed by atoms with Gasteiger partial charge in [-0.2, -0.15) is 0 Å². The molecule has 6 heteroatoms. The second-order valence-electron chi connectivity index (χ2n) is 3.35. The van der Waals surface area contributed by atoms with Gasteiger partial charge in [-0.3, -0.25) is 9.59 Å². The average molecular weight is 220 g/mol. The third-order valence-electron chi connectivity index (χ3n) is 2.48. The van der Waals surface area contributed by atoms with Gasteiger partial charge < -0.3 is 5.11 Å². The van der Waals surface area contributed by atoms with E-state index in [0.29, 0.717) is 0 Å². The summed E-state index contributed by atoms with van der Waals surface area (Å²) in [5.74, 6) is -3.38. The summed E-state index contributed by atoms with van der Waals surface area (Å²) < 4.78 is 22.9. The van der Waals surface area contributed by atoms with E-state index in [1.54, 1.807) is 6.92 Å². The lowest BCUT2D eigenvalue weighted by Crippen LogP contribution is -2.45. The molecule has 1 N–H and O–H groups in total. The lowest BCUT2D eigenvalue weighted by atomic mass is 9.96. The summed E-state index contributed by atoms with van der Waals surface area (Å²) in [5, 5.41) is 7.72. The van der Waals surface area contributed by atoms with Crippen LogP contribution in [0.4, 0.5) is 0 Å². The fourth-order valence-corrected chi connectivity index (χ4v) is 3.73. The smallest absolute Gasteiger partial charge is 0.315 e. The van der Waals surface area contributed by atoms with Gasteiger partial charge in [-0.25, -0.2) is 8.42 Å². The molecule has 1 aliphatic rings. The van der Waals surface area contributed by atoms with Crippen molar-refractivity contribution in [1.82, 2.24) is 0 Å². The Kier molecular flexibility index (Phi) is 2.94. The maximum absolute atomic E-state index is 11.5. The number of aliphatic carboxylic acids is 1. The molecule has 2 unspecified atom stereocenters. The van der Waals surface area contributed by atoms with E-state index >= 15 is 0 Å². The quantitative estimate of drug-likeness (QED) is 0.654. The molecule has 1 saturated heterocycles. The first-order valence-electron chi connectivity index (χ1n) is 4.37. The van der Waals surface area contributed by atoms with Gasteiger partial charge in [0.2, 0.25) is 0 Å². The van der Waals surface area contributed by atoms with Crippen molar-refractivity contribution in [2.45, 2.75) is 25.0 Å². The first-order chi connectivity index (χ1) is 6.40. The summed E-state index contributed by atoms with van der Waals surface area (Å²) >= 11 is 0. The minimum Gasteiger partial charge on any atom is -0.481 e. The summed E-state index contributed by atoms with van der Waals surface area (Å²) in [6, 6.07) is 0. The van der Waals surface area contributed by atoms with Crippen molar-refractivity contribution >= 4 is 21.6 Å². The Balaban J connectivity index is 3.10. The first-order valence-corrected chi connectivity index (χ1v) is 6.08. The Hall–Kier alpha value is -0.910. The zero-order chi connectivity index (χ0) is 10.9. The van der Waals surface area contributed by atoms with Crippen LogP contribution < -0.4 is 0 Å². The summed E-state index contributed by atoms with van der Waals surface area (Å²) in [6.07, 6.45) is 0.000833. The van der Waals surface area contributed by atoms with E-state index < -0.39 is 32.8 Å². The zero-order valence-corrected chi connectivity index (χ0v) is 8.58. The van der Waals surface area contributed by atoms with Crippen LogP contribution in [0, 0.1) is 5.92 Å². The molecule has 0 aromatic heterocycles. The number of carbonyl (C=O) groups excluding carboxylic acids is 1. The van der Waals surface area contributed by atoms with Gasteiger partial charge in [0.25, 0.3) is 0 Å². The minimum atomic E-state index is -3.40. The van der Waals surface area contributed by atoms with Crippen LogP contribution in [0.3, 0.4) is 0 Å². The fourth-order valence-electron chi connectivity index (χ4n) is 1.75. The van der Waals surface area contributed by atoms with Crippen LogP contribution in [0.5, 0.6) is 0 Å². The molecular weight excluding hydrogens is 208 g/mol. The van der Waals surface area contributed by atoms with Gasteiger partial charge in [0.1, 0.15) is 11.7 Å². The molecule has 80 valence electrons. The number of ketones is 1. The van der Waals surface area contributed by atoms with Crippen molar-refractivity contribution in [3.8, 4) is 0 Å². The highest BCUT2D eigenvalue weighted by Crippen LogP contribution is 2.25. The van der Waals surface area contributed by atoms with Gasteiger partial charge in [-0.05, 0) is 6.42 Å². The van der Waals surface area contributed by atoms with E-state index in [4.69, 9.17) is 5.11 Å². The van der Waals surface area contributed by atoms with Crippen LogP contribution in [0.1, 0.15) is 19.8 Å². The second kappa shape index (κ2) is 3.68. The van der Waals surface area contributed by atoms with Gasteiger partial charge in [0.05, 0.1) is 11.0 Å². The number of rotatable bonds is 2. The molecule has 2 atom stereocenters. The number of carboxylic acid groups (broad SMARTS) is 1. The Bertz CT molecular complexity index is 356. The standard InChI is InChI=1S/C8H12O5S/c1-2-6-7(8(10)11)5(9)3-4-14(6,12)13/h6-7H,2-4H2,1H3,(H,10,11). The maximum atomic E-state index is 11.5. The molecule has 0 amide bonds. The van der Waals surface area contributed by atoms with Gasteiger partial charge in [-0.15, -0.1) is 0 Å². The summed E-state index contributed by atoms with van der Waals surface area (Å²) in [5.41, 5.74) is 0. The number of hydrogen-bond acceptors (Lipinski definition) is 4. The van der Waals surface area contributed by atoms with Crippen LogP contribution in [-0.4, -0.2) is 36.3 Å². The van der Waals surface area contributed by atoms with E-state index in [-0.39, 0.29) is 18.6 Å².